The Morgan fingerprint density at radius 2 is 2.08 bits per heavy atom. The van der Waals surface area contributed by atoms with Crippen LogP contribution in [0, 0.1) is 0 Å². The van der Waals surface area contributed by atoms with Crippen molar-refractivity contribution in [2.45, 2.75) is 32.6 Å². The van der Waals surface area contributed by atoms with Gasteiger partial charge in [-0.05, 0) is 25.0 Å². The molecule has 0 aliphatic carbocycles. The lowest BCUT2D eigenvalue weighted by atomic mass is 10.1. The maximum Gasteiger partial charge on any atom is 0.265 e. The van der Waals surface area contributed by atoms with Crippen LogP contribution in [-0.2, 0) is 9.59 Å². The van der Waals surface area contributed by atoms with Gasteiger partial charge in [0, 0.05) is 5.92 Å². The van der Waals surface area contributed by atoms with Crippen LogP contribution < -0.4 is 15.0 Å². The van der Waals surface area contributed by atoms with E-state index in [1.165, 1.54) is 16.2 Å². The van der Waals surface area contributed by atoms with Crippen molar-refractivity contribution in [2.24, 2.45) is 0 Å². The molecule has 0 spiro atoms. The molecule has 3 rings (SSSR count). The second kappa shape index (κ2) is 7.60. The SMILES string of the molecule is CCC(CC)c1nnc(NC(=O)CN2C(=O)COc3ccccc32)s1. The molecule has 0 radical (unpaired) electrons. The second-order valence-corrected chi connectivity index (χ2v) is 6.75. The second-order valence-electron chi connectivity index (χ2n) is 5.74. The van der Waals surface area contributed by atoms with Crippen molar-refractivity contribution in [1.82, 2.24) is 10.2 Å². The number of para-hydroxylation sites is 2. The number of amides is 2. The van der Waals surface area contributed by atoms with Gasteiger partial charge in [-0.3, -0.25) is 19.8 Å². The maximum atomic E-state index is 12.3. The molecule has 132 valence electrons. The molecule has 2 amide bonds. The summed E-state index contributed by atoms with van der Waals surface area (Å²) in [5.74, 6) is 0.402. The average Bonchev–Trinajstić information content (AvgIpc) is 3.07. The van der Waals surface area contributed by atoms with Crippen molar-refractivity contribution < 1.29 is 14.3 Å². The van der Waals surface area contributed by atoms with E-state index >= 15 is 0 Å². The van der Waals surface area contributed by atoms with Crippen LogP contribution in [0.25, 0.3) is 0 Å². The molecule has 1 aromatic carbocycles. The van der Waals surface area contributed by atoms with Crippen LogP contribution in [0.1, 0.15) is 37.6 Å². The fraction of sp³-hybridized carbons (Fsp3) is 0.412. The van der Waals surface area contributed by atoms with E-state index in [-0.39, 0.29) is 25.0 Å². The number of benzene rings is 1. The Bertz CT molecular complexity index is 773. The number of fused-ring (bicyclic) bond motifs is 1. The van der Waals surface area contributed by atoms with Gasteiger partial charge in [-0.2, -0.15) is 0 Å². The quantitative estimate of drug-likeness (QED) is 0.856. The summed E-state index contributed by atoms with van der Waals surface area (Å²) in [6.45, 7) is 4.06. The number of aromatic nitrogens is 2. The van der Waals surface area contributed by atoms with E-state index in [1.807, 2.05) is 6.07 Å². The summed E-state index contributed by atoms with van der Waals surface area (Å²) < 4.78 is 5.38. The molecule has 1 aliphatic heterocycles. The lowest BCUT2D eigenvalue weighted by Gasteiger charge is -2.28. The van der Waals surface area contributed by atoms with Crippen molar-refractivity contribution in [1.29, 1.82) is 0 Å². The minimum Gasteiger partial charge on any atom is -0.482 e. The Kier molecular flexibility index (Phi) is 5.28. The highest BCUT2D eigenvalue weighted by Crippen LogP contribution is 2.31. The molecular formula is C17H20N4O3S. The predicted molar refractivity (Wildman–Crippen MR) is 96.2 cm³/mol. The molecule has 0 saturated carbocycles. The van der Waals surface area contributed by atoms with Crippen molar-refractivity contribution in [3.63, 3.8) is 0 Å². The van der Waals surface area contributed by atoms with E-state index in [0.29, 0.717) is 22.5 Å². The van der Waals surface area contributed by atoms with Crippen LogP contribution in [0.2, 0.25) is 0 Å². The van der Waals surface area contributed by atoms with Crippen LogP contribution in [-0.4, -0.2) is 35.2 Å². The lowest BCUT2D eigenvalue weighted by molar-refractivity contribution is -0.123. The lowest BCUT2D eigenvalue weighted by Crippen LogP contribution is -2.43. The van der Waals surface area contributed by atoms with Crippen molar-refractivity contribution in [3.8, 4) is 5.75 Å². The van der Waals surface area contributed by atoms with Gasteiger partial charge in [0.2, 0.25) is 11.0 Å². The zero-order valence-corrected chi connectivity index (χ0v) is 15.0. The van der Waals surface area contributed by atoms with Crippen LogP contribution in [0.15, 0.2) is 24.3 Å². The van der Waals surface area contributed by atoms with Crippen LogP contribution >= 0.6 is 11.3 Å². The van der Waals surface area contributed by atoms with Crippen LogP contribution in [0.3, 0.4) is 0 Å². The third-order valence-electron chi connectivity index (χ3n) is 4.13. The van der Waals surface area contributed by atoms with E-state index in [2.05, 4.69) is 29.4 Å². The Morgan fingerprint density at radius 1 is 1.32 bits per heavy atom. The number of carbonyl (C=O) groups is 2. The Balaban J connectivity index is 1.68. The van der Waals surface area contributed by atoms with Gasteiger partial charge >= 0.3 is 0 Å². The monoisotopic (exact) mass is 360 g/mol. The number of hydrogen-bond acceptors (Lipinski definition) is 6. The number of hydrogen-bond donors (Lipinski definition) is 1. The average molecular weight is 360 g/mol. The molecule has 1 N–H and O–H groups in total. The van der Waals surface area contributed by atoms with Crippen LogP contribution in [0.4, 0.5) is 10.8 Å². The van der Waals surface area contributed by atoms with Crippen molar-refractivity contribution in [2.75, 3.05) is 23.4 Å². The summed E-state index contributed by atoms with van der Waals surface area (Å²) in [5.41, 5.74) is 0.601. The summed E-state index contributed by atoms with van der Waals surface area (Å²) >= 11 is 1.38. The molecule has 2 aromatic rings. The summed E-state index contributed by atoms with van der Waals surface area (Å²) in [6.07, 6.45) is 1.97. The van der Waals surface area contributed by atoms with Gasteiger partial charge < -0.3 is 4.74 Å². The Hall–Kier alpha value is -2.48. The summed E-state index contributed by atoms with van der Waals surface area (Å²) in [6, 6.07) is 7.17. The first-order valence-electron chi connectivity index (χ1n) is 8.27. The van der Waals surface area contributed by atoms with E-state index in [1.54, 1.807) is 18.2 Å². The Labute approximate surface area is 150 Å². The molecule has 8 heteroatoms. The Morgan fingerprint density at radius 3 is 2.84 bits per heavy atom. The molecule has 25 heavy (non-hydrogen) atoms. The fourth-order valence-corrected chi connectivity index (χ4v) is 3.74. The number of anilines is 2. The van der Waals surface area contributed by atoms with Gasteiger partial charge in [0.05, 0.1) is 5.69 Å². The van der Waals surface area contributed by atoms with Crippen molar-refractivity contribution in [3.05, 3.63) is 29.3 Å². The first-order valence-corrected chi connectivity index (χ1v) is 9.09. The molecule has 1 aromatic heterocycles. The highest BCUT2D eigenvalue weighted by Gasteiger charge is 2.27. The van der Waals surface area contributed by atoms with Gasteiger partial charge in [0.25, 0.3) is 5.91 Å². The number of carbonyl (C=O) groups excluding carboxylic acids is 2. The molecule has 2 heterocycles. The number of nitrogens with zero attached hydrogens (tertiary/aromatic N) is 3. The van der Waals surface area contributed by atoms with E-state index < -0.39 is 0 Å². The van der Waals surface area contributed by atoms with Gasteiger partial charge in [-0.15, -0.1) is 10.2 Å². The predicted octanol–water partition coefficient (Wildman–Crippen LogP) is 2.81. The largest absolute Gasteiger partial charge is 0.482 e. The van der Waals surface area contributed by atoms with E-state index in [9.17, 15) is 9.59 Å². The normalized spacial score (nSPS) is 13.6. The van der Waals surface area contributed by atoms with E-state index in [0.717, 1.165) is 17.8 Å². The zero-order valence-electron chi connectivity index (χ0n) is 14.2. The minimum absolute atomic E-state index is 0.0675. The number of rotatable bonds is 6. The summed E-state index contributed by atoms with van der Waals surface area (Å²) in [4.78, 5) is 25.9. The summed E-state index contributed by atoms with van der Waals surface area (Å²) in [7, 11) is 0. The van der Waals surface area contributed by atoms with Gasteiger partial charge in [0.1, 0.15) is 17.3 Å². The highest BCUT2D eigenvalue weighted by molar-refractivity contribution is 7.15. The third-order valence-corrected chi connectivity index (χ3v) is 5.13. The highest BCUT2D eigenvalue weighted by atomic mass is 32.1. The molecule has 0 fully saturated rings. The molecule has 0 atom stereocenters. The van der Waals surface area contributed by atoms with Gasteiger partial charge in [-0.25, -0.2) is 0 Å². The third kappa shape index (κ3) is 3.79. The molecule has 0 unspecified atom stereocenters. The first-order chi connectivity index (χ1) is 12.1. The minimum atomic E-state index is -0.308. The van der Waals surface area contributed by atoms with Gasteiger partial charge in [-0.1, -0.05) is 37.3 Å². The van der Waals surface area contributed by atoms with E-state index in [4.69, 9.17) is 4.74 Å². The fourth-order valence-electron chi connectivity index (χ4n) is 2.72. The molecule has 7 nitrogen and oxygen atoms in total. The number of nitrogens with one attached hydrogen (secondary N) is 1. The maximum absolute atomic E-state index is 12.3. The molecule has 1 aliphatic rings. The molecule has 0 bridgehead atoms. The first kappa shape index (κ1) is 17.3. The smallest absolute Gasteiger partial charge is 0.265 e. The van der Waals surface area contributed by atoms with Crippen molar-refractivity contribution >= 4 is 34.0 Å². The topological polar surface area (TPSA) is 84.4 Å². The zero-order chi connectivity index (χ0) is 17.8. The molecular weight excluding hydrogens is 340 g/mol. The molecule has 0 saturated heterocycles. The standard InChI is InChI=1S/C17H20N4O3S/c1-3-11(4-2)16-19-20-17(25-16)18-14(22)9-21-12-7-5-6-8-13(12)24-10-15(21)23/h5-8,11H,3-4,9-10H2,1-2H3,(H,18,20,22). The number of ether oxygens (including phenoxy) is 1. The van der Waals surface area contributed by atoms with Crippen LogP contribution in [0.5, 0.6) is 5.75 Å². The van der Waals surface area contributed by atoms with Gasteiger partial charge in [0.15, 0.2) is 6.61 Å². The summed E-state index contributed by atoms with van der Waals surface area (Å²) in [5, 5.41) is 12.3.